The number of amides is 2. The van der Waals surface area contributed by atoms with Crippen molar-refractivity contribution in [1.82, 2.24) is 4.90 Å². The van der Waals surface area contributed by atoms with Gasteiger partial charge in [-0.05, 0) is 67.1 Å². The van der Waals surface area contributed by atoms with Crippen molar-refractivity contribution in [2.45, 2.75) is 20.5 Å². The summed E-state index contributed by atoms with van der Waals surface area (Å²) in [4.78, 5) is 37.5. The Morgan fingerprint density at radius 3 is 2.45 bits per heavy atom. The molecule has 1 aliphatic heterocycles. The molecule has 10 heteroatoms. The number of benzene rings is 2. The molecule has 0 aliphatic carbocycles. The van der Waals surface area contributed by atoms with Gasteiger partial charge in [0.25, 0.3) is 11.1 Å². The van der Waals surface area contributed by atoms with Crippen molar-refractivity contribution < 1.29 is 28.6 Å². The smallest absolute Gasteiger partial charge is 0.326 e. The summed E-state index contributed by atoms with van der Waals surface area (Å²) >= 11 is 13.1. The quantitative estimate of drug-likeness (QED) is 0.322. The topological polar surface area (TPSA) is 82.1 Å². The van der Waals surface area contributed by atoms with E-state index in [9.17, 15) is 14.4 Å². The van der Waals surface area contributed by atoms with Crippen LogP contribution in [0.15, 0.2) is 41.3 Å². The van der Waals surface area contributed by atoms with Crippen molar-refractivity contribution in [3.8, 4) is 11.5 Å². The average molecular weight is 510 g/mol. The minimum atomic E-state index is -0.648. The molecule has 2 amide bonds. The maximum Gasteiger partial charge on any atom is 0.326 e. The number of hydrogen-bond acceptors (Lipinski definition) is 7. The van der Waals surface area contributed by atoms with Crippen molar-refractivity contribution >= 4 is 58.2 Å². The first-order chi connectivity index (χ1) is 15.8. The van der Waals surface area contributed by atoms with Gasteiger partial charge in [0.15, 0.2) is 11.5 Å². The van der Waals surface area contributed by atoms with Crippen molar-refractivity contribution in [2.24, 2.45) is 0 Å². The Balaban J connectivity index is 1.81. The first-order valence-corrected chi connectivity index (χ1v) is 11.6. The summed E-state index contributed by atoms with van der Waals surface area (Å²) in [5.74, 6) is -0.461. The van der Waals surface area contributed by atoms with Gasteiger partial charge in [0.2, 0.25) is 0 Å². The van der Waals surface area contributed by atoms with Crippen LogP contribution in [-0.2, 0) is 20.9 Å². The fourth-order valence-electron chi connectivity index (χ4n) is 2.93. The largest absolute Gasteiger partial charge is 0.490 e. The van der Waals surface area contributed by atoms with Crippen LogP contribution in [0.25, 0.3) is 6.08 Å². The highest BCUT2D eigenvalue weighted by Crippen LogP contribution is 2.39. The highest BCUT2D eigenvalue weighted by Gasteiger charge is 2.36. The van der Waals surface area contributed by atoms with E-state index in [1.807, 2.05) is 19.1 Å². The van der Waals surface area contributed by atoms with Gasteiger partial charge in [0.05, 0.1) is 23.1 Å². The summed E-state index contributed by atoms with van der Waals surface area (Å²) < 4.78 is 16.4. The van der Waals surface area contributed by atoms with Crippen LogP contribution in [0, 0.1) is 0 Å². The average Bonchev–Trinajstić information content (AvgIpc) is 3.02. The lowest BCUT2D eigenvalue weighted by Crippen LogP contribution is -2.34. The minimum absolute atomic E-state index is 0.163. The molecule has 1 saturated heterocycles. The second kappa shape index (κ2) is 11.4. The number of imide groups is 1. The van der Waals surface area contributed by atoms with Crippen molar-refractivity contribution in [3.05, 3.63) is 62.5 Å². The molecule has 0 atom stereocenters. The Kier molecular flexibility index (Phi) is 8.66. The number of carbonyl (C=O) groups excluding carboxylic acids is 3. The van der Waals surface area contributed by atoms with Crippen LogP contribution in [0.3, 0.4) is 0 Å². The van der Waals surface area contributed by atoms with Gasteiger partial charge in [-0.15, -0.1) is 0 Å². The Morgan fingerprint density at radius 1 is 1.06 bits per heavy atom. The molecule has 33 heavy (non-hydrogen) atoms. The molecule has 1 aliphatic rings. The summed E-state index contributed by atoms with van der Waals surface area (Å²) in [6.07, 6.45) is 1.52. The number of nitrogens with zero attached hydrogens (tertiary/aromatic N) is 1. The van der Waals surface area contributed by atoms with Gasteiger partial charge >= 0.3 is 5.97 Å². The van der Waals surface area contributed by atoms with Crippen molar-refractivity contribution in [1.29, 1.82) is 0 Å². The Bertz CT molecular complexity index is 1090. The Morgan fingerprint density at radius 2 is 1.79 bits per heavy atom. The number of carbonyl (C=O) groups is 3. The first kappa shape index (κ1) is 25.0. The molecule has 2 aromatic carbocycles. The van der Waals surface area contributed by atoms with Crippen LogP contribution in [0.2, 0.25) is 10.0 Å². The zero-order valence-electron chi connectivity index (χ0n) is 17.9. The molecule has 174 valence electrons. The van der Waals surface area contributed by atoms with Gasteiger partial charge in [0.1, 0.15) is 13.2 Å². The predicted molar refractivity (Wildman–Crippen MR) is 128 cm³/mol. The molecular weight excluding hydrogens is 489 g/mol. The molecule has 0 unspecified atom stereocenters. The van der Waals surface area contributed by atoms with Gasteiger partial charge < -0.3 is 14.2 Å². The van der Waals surface area contributed by atoms with Crippen molar-refractivity contribution in [2.75, 3.05) is 19.8 Å². The van der Waals surface area contributed by atoms with E-state index < -0.39 is 23.7 Å². The lowest BCUT2D eigenvalue weighted by molar-refractivity contribution is -0.145. The highest BCUT2D eigenvalue weighted by molar-refractivity contribution is 8.18. The highest BCUT2D eigenvalue weighted by atomic mass is 35.5. The SMILES string of the molecule is CCOC(=O)CN1C(=O)S/C(=C\c2cc(Cl)c(OCc3ccc(Cl)cc3)c(OCC)c2)C1=O. The van der Waals surface area contributed by atoms with Gasteiger partial charge in [-0.1, -0.05) is 35.3 Å². The maximum absolute atomic E-state index is 12.6. The number of ether oxygens (including phenoxy) is 3. The molecule has 0 saturated carbocycles. The standard InChI is InChI=1S/C23H21Cl2NO6S/c1-3-30-18-10-15(9-17(25)21(18)32-13-14-5-7-16(24)8-6-14)11-19-22(28)26(23(29)33-19)12-20(27)31-4-2/h5-11H,3-4,12-13H2,1-2H3/b19-11-. The first-order valence-electron chi connectivity index (χ1n) is 10.1. The maximum atomic E-state index is 12.6. The molecule has 2 aromatic rings. The zero-order valence-corrected chi connectivity index (χ0v) is 20.3. The number of esters is 1. The van der Waals surface area contributed by atoms with Crippen LogP contribution in [0.1, 0.15) is 25.0 Å². The predicted octanol–water partition coefficient (Wildman–Crippen LogP) is 5.57. The number of hydrogen-bond donors (Lipinski definition) is 0. The van der Waals surface area contributed by atoms with E-state index in [1.165, 1.54) is 6.08 Å². The molecule has 3 rings (SSSR count). The fraction of sp³-hybridized carbons (Fsp3) is 0.261. The number of thioether (sulfide) groups is 1. The summed E-state index contributed by atoms with van der Waals surface area (Å²) in [5, 5.41) is 0.369. The summed E-state index contributed by atoms with van der Waals surface area (Å²) in [6, 6.07) is 10.5. The van der Waals surface area contributed by atoms with Crippen LogP contribution in [0.5, 0.6) is 11.5 Å². The summed E-state index contributed by atoms with van der Waals surface area (Å²) in [6.45, 7) is 3.82. The second-order valence-electron chi connectivity index (χ2n) is 6.75. The summed E-state index contributed by atoms with van der Waals surface area (Å²) in [5.41, 5.74) is 1.45. The van der Waals surface area contributed by atoms with Gasteiger partial charge in [-0.2, -0.15) is 0 Å². The number of rotatable bonds is 9. The van der Waals surface area contributed by atoms with E-state index in [4.69, 9.17) is 37.4 Å². The molecular formula is C23H21Cl2NO6S. The third kappa shape index (κ3) is 6.43. The lowest BCUT2D eigenvalue weighted by atomic mass is 10.1. The number of halogens is 2. The molecule has 1 fully saturated rings. The van der Waals surface area contributed by atoms with E-state index in [0.29, 0.717) is 28.7 Å². The van der Waals surface area contributed by atoms with E-state index in [2.05, 4.69) is 0 Å². The third-order valence-corrected chi connectivity index (χ3v) is 5.83. The molecule has 0 radical (unpaired) electrons. The molecule has 0 N–H and O–H groups in total. The lowest BCUT2D eigenvalue weighted by Gasteiger charge is -2.15. The molecule has 1 heterocycles. The zero-order chi connectivity index (χ0) is 24.0. The van der Waals surface area contributed by atoms with Gasteiger partial charge in [-0.3, -0.25) is 19.3 Å². The van der Waals surface area contributed by atoms with Crippen molar-refractivity contribution in [3.63, 3.8) is 0 Å². The summed E-state index contributed by atoms with van der Waals surface area (Å²) in [7, 11) is 0. The Labute approximate surface area is 205 Å². The van der Waals surface area contributed by atoms with Gasteiger partial charge in [0, 0.05) is 5.02 Å². The van der Waals surface area contributed by atoms with Gasteiger partial charge in [-0.25, -0.2) is 0 Å². The minimum Gasteiger partial charge on any atom is -0.490 e. The van der Waals surface area contributed by atoms with E-state index in [1.54, 1.807) is 31.2 Å². The Hall–Kier alpha value is -2.68. The third-order valence-electron chi connectivity index (χ3n) is 4.39. The van der Waals surface area contributed by atoms with Crippen LogP contribution in [0.4, 0.5) is 4.79 Å². The molecule has 0 aromatic heterocycles. The van der Waals surface area contributed by atoms with E-state index in [0.717, 1.165) is 22.2 Å². The van der Waals surface area contributed by atoms with Crippen LogP contribution < -0.4 is 9.47 Å². The molecule has 0 spiro atoms. The monoisotopic (exact) mass is 509 g/mol. The fourth-order valence-corrected chi connectivity index (χ4v) is 4.17. The molecule has 0 bridgehead atoms. The molecule has 7 nitrogen and oxygen atoms in total. The van der Waals surface area contributed by atoms with Crippen LogP contribution in [-0.4, -0.2) is 41.8 Å². The second-order valence-corrected chi connectivity index (χ2v) is 8.59. The van der Waals surface area contributed by atoms with Crippen LogP contribution >= 0.6 is 35.0 Å². The van der Waals surface area contributed by atoms with E-state index >= 15 is 0 Å². The normalized spacial score (nSPS) is 14.7. The van der Waals surface area contributed by atoms with E-state index in [-0.39, 0.29) is 23.1 Å².